The number of piperazine rings is 1. The molecule has 1 saturated heterocycles. The van der Waals surface area contributed by atoms with E-state index in [0.29, 0.717) is 18.0 Å². The Morgan fingerprint density at radius 1 is 1.20 bits per heavy atom. The minimum Gasteiger partial charge on any atom is -0.453 e. The molecule has 0 N–H and O–H groups in total. The van der Waals surface area contributed by atoms with Crippen LogP contribution in [0, 0.1) is 6.92 Å². The van der Waals surface area contributed by atoms with Crippen molar-refractivity contribution in [2.45, 2.75) is 11.8 Å². The van der Waals surface area contributed by atoms with Crippen LogP contribution < -0.4 is 0 Å². The zero-order chi connectivity index (χ0) is 14.8. The van der Waals surface area contributed by atoms with Crippen LogP contribution in [0.2, 0.25) is 0 Å². The highest BCUT2D eigenvalue weighted by atomic mass is 32.2. The lowest BCUT2D eigenvalue weighted by Crippen LogP contribution is -2.50. The minimum atomic E-state index is -3.49. The molecule has 1 aliphatic heterocycles. The summed E-state index contributed by atoms with van der Waals surface area (Å²) in [4.78, 5) is 13.2. The molecule has 0 spiro atoms. The lowest BCUT2D eigenvalue weighted by atomic mass is 10.2. The molecule has 0 aliphatic carbocycles. The smallest absolute Gasteiger partial charge is 0.409 e. The molecular formula is C13H18N2O4S. The van der Waals surface area contributed by atoms with E-state index in [1.807, 2.05) is 13.0 Å². The first-order valence-corrected chi connectivity index (χ1v) is 7.79. The van der Waals surface area contributed by atoms with Gasteiger partial charge in [0.05, 0.1) is 12.0 Å². The van der Waals surface area contributed by atoms with E-state index < -0.39 is 16.1 Å². The van der Waals surface area contributed by atoms with Gasteiger partial charge in [-0.1, -0.05) is 12.1 Å². The summed E-state index contributed by atoms with van der Waals surface area (Å²) in [6, 6.07) is 6.83. The summed E-state index contributed by atoms with van der Waals surface area (Å²) >= 11 is 0. The summed E-state index contributed by atoms with van der Waals surface area (Å²) in [6.45, 7) is 3.11. The Bertz CT molecular complexity index is 592. The molecular weight excluding hydrogens is 280 g/mol. The van der Waals surface area contributed by atoms with Crippen LogP contribution in [0.25, 0.3) is 0 Å². The van der Waals surface area contributed by atoms with E-state index in [9.17, 15) is 13.2 Å². The fourth-order valence-electron chi connectivity index (χ4n) is 2.17. The van der Waals surface area contributed by atoms with Crippen LogP contribution in [0.15, 0.2) is 29.2 Å². The van der Waals surface area contributed by atoms with Crippen molar-refractivity contribution in [1.29, 1.82) is 0 Å². The van der Waals surface area contributed by atoms with Gasteiger partial charge in [0, 0.05) is 26.2 Å². The van der Waals surface area contributed by atoms with Gasteiger partial charge in [-0.25, -0.2) is 13.2 Å². The molecule has 20 heavy (non-hydrogen) atoms. The van der Waals surface area contributed by atoms with Crippen molar-refractivity contribution < 1.29 is 17.9 Å². The number of nitrogens with zero attached hydrogens (tertiary/aromatic N) is 2. The van der Waals surface area contributed by atoms with Gasteiger partial charge in [0.25, 0.3) is 0 Å². The van der Waals surface area contributed by atoms with Crippen molar-refractivity contribution in [1.82, 2.24) is 9.21 Å². The molecule has 110 valence electrons. The summed E-state index contributed by atoms with van der Waals surface area (Å²) in [6.07, 6.45) is -0.419. The Morgan fingerprint density at radius 3 is 2.40 bits per heavy atom. The highest BCUT2D eigenvalue weighted by Gasteiger charge is 2.30. The lowest BCUT2D eigenvalue weighted by Gasteiger charge is -2.33. The van der Waals surface area contributed by atoms with Crippen molar-refractivity contribution in [3.8, 4) is 0 Å². The third kappa shape index (κ3) is 2.94. The summed E-state index contributed by atoms with van der Waals surface area (Å²) in [5.41, 5.74) is 0.902. The second kappa shape index (κ2) is 5.80. The van der Waals surface area contributed by atoms with Gasteiger partial charge >= 0.3 is 6.09 Å². The van der Waals surface area contributed by atoms with Crippen molar-refractivity contribution in [3.63, 3.8) is 0 Å². The third-order valence-corrected chi connectivity index (χ3v) is 5.19. The van der Waals surface area contributed by atoms with Crippen LogP contribution in [-0.2, 0) is 14.8 Å². The SMILES string of the molecule is COC(=O)N1CCN(S(=O)(=O)c2cccc(C)c2)CC1. The molecule has 1 fully saturated rings. The van der Waals surface area contributed by atoms with Gasteiger partial charge in [0.15, 0.2) is 0 Å². The molecule has 1 heterocycles. The highest BCUT2D eigenvalue weighted by Crippen LogP contribution is 2.18. The fourth-order valence-corrected chi connectivity index (χ4v) is 3.69. The number of hydrogen-bond acceptors (Lipinski definition) is 4. The van der Waals surface area contributed by atoms with Gasteiger partial charge < -0.3 is 9.64 Å². The number of aryl methyl sites for hydroxylation is 1. The first-order valence-electron chi connectivity index (χ1n) is 6.35. The number of hydrogen-bond donors (Lipinski definition) is 0. The van der Waals surface area contributed by atoms with Gasteiger partial charge in [-0.05, 0) is 24.6 Å². The largest absolute Gasteiger partial charge is 0.453 e. The number of ether oxygens (including phenoxy) is 1. The summed E-state index contributed by atoms with van der Waals surface area (Å²) in [7, 11) is -2.17. The first-order chi connectivity index (χ1) is 9.45. The topological polar surface area (TPSA) is 66.9 Å². The van der Waals surface area contributed by atoms with Gasteiger partial charge in [0.2, 0.25) is 10.0 Å². The first kappa shape index (κ1) is 14.8. The van der Waals surface area contributed by atoms with Gasteiger partial charge in [-0.3, -0.25) is 0 Å². The summed E-state index contributed by atoms with van der Waals surface area (Å²) in [5.74, 6) is 0. The van der Waals surface area contributed by atoms with Crippen LogP contribution in [-0.4, -0.2) is 57.0 Å². The highest BCUT2D eigenvalue weighted by molar-refractivity contribution is 7.89. The zero-order valence-corrected chi connectivity index (χ0v) is 12.4. The second-order valence-corrected chi connectivity index (χ2v) is 6.62. The van der Waals surface area contributed by atoms with Gasteiger partial charge in [-0.2, -0.15) is 4.31 Å². The predicted octanol–water partition coefficient (Wildman–Crippen LogP) is 1.07. The maximum atomic E-state index is 12.5. The Hall–Kier alpha value is -1.60. The average Bonchev–Trinajstić information content (AvgIpc) is 2.46. The number of methoxy groups -OCH3 is 1. The molecule has 6 nitrogen and oxygen atoms in total. The van der Waals surface area contributed by atoms with E-state index in [-0.39, 0.29) is 13.1 Å². The molecule has 1 amide bonds. The normalized spacial score (nSPS) is 17.0. The van der Waals surface area contributed by atoms with Gasteiger partial charge in [-0.15, -0.1) is 0 Å². The zero-order valence-electron chi connectivity index (χ0n) is 11.6. The van der Waals surface area contributed by atoms with Crippen LogP contribution in [0.1, 0.15) is 5.56 Å². The summed E-state index contributed by atoms with van der Waals surface area (Å²) < 4.78 is 31.0. The second-order valence-electron chi connectivity index (χ2n) is 4.68. The Labute approximate surface area is 119 Å². The van der Waals surface area contributed by atoms with Crippen LogP contribution in [0.4, 0.5) is 4.79 Å². The van der Waals surface area contributed by atoms with E-state index in [2.05, 4.69) is 4.74 Å². The molecule has 0 radical (unpaired) electrons. The van der Waals surface area contributed by atoms with Crippen molar-refractivity contribution >= 4 is 16.1 Å². The molecule has 7 heteroatoms. The maximum Gasteiger partial charge on any atom is 0.409 e. The standard InChI is InChI=1S/C13H18N2O4S/c1-11-4-3-5-12(10-11)20(17,18)15-8-6-14(7-9-15)13(16)19-2/h3-5,10H,6-9H2,1-2H3. The fraction of sp³-hybridized carbons (Fsp3) is 0.462. The third-order valence-electron chi connectivity index (χ3n) is 3.30. The van der Waals surface area contributed by atoms with Crippen molar-refractivity contribution in [3.05, 3.63) is 29.8 Å². The van der Waals surface area contributed by atoms with Crippen molar-refractivity contribution in [2.24, 2.45) is 0 Å². The van der Waals surface area contributed by atoms with Crippen molar-refractivity contribution in [2.75, 3.05) is 33.3 Å². The Kier molecular flexibility index (Phi) is 4.29. The number of carbonyl (C=O) groups excluding carboxylic acids is 1. The van der Waals surface area contributed by atoms with E-state index in [1.54, 1.807) is 18.2 Å². The van der Waals surface area contributed by atoms with Crippen LogP contribution in [0.5, 0.6) is 0 Å². The molecule has 1 aromatic rings. The number of amides is 1. The molecule has 0 aromatic heterocycles. The average molecular weight is 298 g/mol. The summed E-state index contributed by atoms with van der Waals surface area (Å²) in [5, 5.41) is 0. The van der Waals surface area contributed by atoms with Crippen LogP contribution >= 0.6 is 0 Å². The van der Waals surface area contributed by atoms with E-state index in [0.717, 1.165) is 5.56 Å². The number of rotatable bonds is 2. The molecule has 0 unspecified atom stereocenters. The maximum absolute atomic E-state index is 12.5. The molecule has 0 saturated carbocycles. The number of carbonyl (C=O) groups is 1. The molecule has 0 atom stereocenters. The van der Waals surface area contributed by atoms with E-state index >= 15 is 0 Å². The molecule has 1 aromatic carbocycles. The lowest BCUT2D eigenvalue weighted by molar-refractivity contribution is 0.108. The molecule has 2 rings (SSSR count). The van der Waals surface area contributed by atoms with E-state index in [4.69, 9.17) is 0 Å². The van der Waals surface area contributed by atoms with Gasteiger partial charge in [0.1, 0.15) is 0 Å². The quantitative estimate of drug-likeness (QED) is 0.819. The molecule has 1 aliphatic rings. The minimum absolute atomic E-state index is 0.283. The van der Waals surface area contributed by atoms with Crippen LogP contribution in [0.3, 0.4) is 0 Å². The monoisotopic (exact) mass is 298 g/mol. The van der Waals surface area contributed by atoms with E-state index in [1.165, 1.54) is 16.3 Å². The molecule has 0 bridgehead atoms. The predicted molar refractivity (Wildman–Crippen MR) is 73.9 cm³/mol. The number of benzene rings is 1. The Balaban J connectivity index is 2.11. The number of sulfonamides is 1. The Morgan fingerprint density at radius 2 is 1.85 bits per heavy atom.